The highest BCUT2D eigenvalue weighted by atomic mass is 32.1. The summed E-state index contributed by atoms with van der Waals surface area (Å²) in [4.78, 5) is 21.6. The Morgan fingerprint density at radius 3 is 2.73 bits per heavy atom. The summed E-state index contributed by atoms with van der Waals surface area (Å²) in [6.45, 7) is 5.65. The first-order valence-corrected chi connectivity index (χ1v) is 11.9. The number of benzene rings is 2. The topological polar surface area (TPSA) is 76.2 Å². The Labute approximate surface area is 196 Å². The molecule has 8 nitrogen and oxygen atoms in total. The number of hydrogen-bond acceptors (Lipinski definition) is 8. The third-order valence-corrected chi connectivity index (χ3v) is 6.51. The van der Waals surface area contributed by atoms with Crippen LogP contribution in [-0.4, -0.2) is 61.9 Å². The van der Waals surface area contributed by atoms with Gasteiger partial charge in [-0.2, -0.15) is 0 Å². The van der Waals surface area contributed by atoms with Crippen molar-refractivity contribution in [2.75, 3.05) is 51.0 Å². The lowest BCUT2D eigenvalue weighted by atomic mass is 10.1. The van der Waals surface area contributed by atoms with Gasteiger partial charge in [0.1, 0.15) is 18.1 Å². The molecular formula is C24H26N4O4S. The second kappa shape index (κ2) is 10.1. The molecule has 2 aliphatic rings. The Kier molecular flexibility index (Phi) is 6.59. The van der Waals surface area contributed by atoms with Crippen molar-refractivity contribution in [3.63, 3.8) is 0 Å². The van der Waals surface area contributed by atoms with Crippen LogP contribution in [0, 0.1) is 0 Å². The van der Waals surface area contributed by atoms with E-state index in [0.29, 0.717) is 25.6 Å². The van der Waals surface area contributed by atoms with Gasteiger partial charge in [-0.15, -0.1) is 11.3 Å². The number of nitrogens with zero attached hydrogens (tertiary/aromatic N) is 3. The minimum atomic E-state index is -0.171. The average molecular weight is 467 g/mol. The summed E-state index contributed by atoms with van der Waals surface area (Å²) >= 11 is 1.51. The first-order chi connectivity index (χ1) is 16.2. The van der Waals surface area contributed by atoms with Gasteiger partial charge in [-0.1, -0.05) is 24.3 Å². The second-order valence-electron chi connectivity index (χ2n) is 7.88. The monoisotopic (exact) mass is 466 g/mol. The van der Waals surface area contributed by atoms with E-state index in [1.807, 2.05) is 41.8 Å². The van der Waals surface area contributed by atoms with Crippen molar-refractivity contribution in [3.8, 4) is 17.2 Å². The number of para-hydroxylation sites is 1. The van der Waals surface area contributed by atoms with Gasteiger partial charge in [0.2, 0.25) is 6.79 Å². The third-order valence-electron chi connectivity index (χ3n) is 5.61. The molecule has 2 aliphatic heterocycles. The van der Waals surface area contributed by atoms with E-state index in [1.165, 1.54) is 16.9 Å². The van der Waals surface area contributed by atoms with Crippen molar-refractivity contribution < 1.29 is 19.0 Å². The van der Waals surface area contributed by atoms with E-state index >= 15 is 0 Å². The number of carbonyl (C=O) groups excluding carboxylic acids is 1. The minimum Gasteiger partial charge on any atom is -0.492 e. The van der Waals surface area contributed by atoms with Gasteiger partial charge in [0.25, 0.3) is 5.91 Å². The summed E-state index contributed by atoms with van der Waals surface area (Å²) in [6.07, 6.45) is 0. The molecule has 0 spiro atoms. The highest BCUT2D eigenvalue weighted by Gasteiger charge is 2.22. The number of aromatic nitrogens is 1. The molecule has 2 aromatic carbocycles. The maximum atomic E-state index is 12.4. The molecule has 0 bridgehead atoms. The summed E-state index contributed by atoms with van der Waals surface area (Å²) in [5.74, 6) is 2.26. The number of thiazole rings is 1. The lowest BCUT2D eigenvalue weighted by Crippen LogP contribution is -2.46. The van der Waals surface area contributed by atoms with Crippen LogP contribution in [0.1, 0.15) is 16.1 Å². The number of ether oxygens (including phenoxy) is 3. The van der Waals surface area contributed by atoms with Gasteiger partial charge in [-0.05, 0) is 29.8 Å². The molecule has 1 fully saturated rings. The highest BCUT2D eigenvalue weighted by Crippen LogP contribution is 2.33. The van der Waals surface area contributed by atoms with Crippen LogP contribution in [0.4, 0.5) is 5.13 Å². The summed E-state index contributed by atoms with van der Waals surface area (Å²) in [6, 6.07) is 15.7. The van der Waals surface area contributed by atoms with Crippen LogP contribution in [0.25, 0.3) is 0 Å². The maximum absolute atomic E-state index is 12.4. The molecule has 5 rings (SSSR count). The van der Waals surface area contributed by atoms with E-state index in [-0.39, 0.29) is 5.91 Å². The summed E-state index contributed by atoms with van der Waals surface area (Å²) in [5.41, 5.74) is 1.68. The number of amides is 1. The predicted molar refractivity (Wildman–Crippen MR) is 126 cm³/mol. The van der Waals surface area contributed by atoms with Crippen LogP contribution in [0.5, 0.6) is 17.2 Å². The number of fused-ring (bicyclic) bond motifs is 1. The smallest absolute Gasteiger partial charge is 0.270 e. The van der Waals surface area contributed by atoms with Crippen molar-refractivity contribution in [1.29, 1.82) is 0 Å². The van der Waals surface area contributed by atoms with E-state index in [4.69, 9.17) is 14.2 Å². The summed E-state index contributed by atoms with van der Waals surface area (Å²) in [5, 5.41) is 5.59. The molecule has 0 saturated carbocycles. The fourth-order valence-corrected chi connectivity index (χ4v) is 4.71. The molecule has 0 aliphatic carbocycles. The van der Waals surface area contributed by atoms with Crippen molar-refractivity contribution in [1.82, 2.24) is 15.2 Å². The molecular weight excluding hydrogens is 440 g/mol. The van der Waals surface area contributed by atoms with Crippen LogP contribution in [0.15, 0.2) is 53.9 Å². The molecule has 0 unspecified atom stereocenters. The van der Waals surface area contributed by atoms with Crippen molar-refractivity contribution >= 4 is 22.4 Å². The van der Waals surface area contributed by atoms with Crippen LogP contribution < -0.4 is 24.4 Å². The highest BCUT2D eigenvalue weighted by molar-refractivity contribution is 7.13. The molecule has 1 amide bonds. The molecule has 9 heteroatoms. The van der Waals surface area contributed by atoms with E-state index in [1.54, 1.807) is 0 Å². The molecule has 3 aromatic rings. The van der Waals surface area contributed by atoms with E-state index in [0.717, 1.165) is 55.1 Å². The van der Waals surface area contributed by atoms with Gasteiger partial charge in [0.05, 0.1) is 6.54 Å². The maximum Gasteiger partial charge on any atom is 0.270 e. The number of piperazine rings is 1. The number of rotatable bonds is 8. The van der Waals surface area contributed by atoms with E-state index < -0.39 is 0 Å². The van der Waals surface area contributed by atoms with Gasteiger partial charge >= 0.3 is 0 Å². The fourth-order valence-electron chi connectivity index (χ4n) is 3.85. The average Bonchev–Trinajstić information content (AvgIpc) is 3.53. The van der Waals surface area contributed by atoms with Crippen molar-refractivity contribution in [2.24, 2.45) is 0 Å². The molecule has 172 valence electrons. The van der Waals surface area contributed by atoms with Gasteiger partial charge in [-0.25, -0.2) is 4.98 Å². The zero-order valence-electron chi connectivity index (χ0n) is 18.2. The molecule has 0 atom stereocenters. The van der Waals surface area contributed by atoms with Gasteiger partial charge in [-0.3, -0.25) is 9.69 Å². The number of carbonyl (C=O) groups is 1. The van der Waals surface area contributed by atoms with E-state index in [9.17, 15) is 4.79 Å². The van der Waals surface area contributed by atoms with Gasteiger partial charge in [0, 0.05) is 38.1 Å². The van der Waals surface area contributed by atoms with Crippen LogP contribution in [0.2, 0.25) is 0 Å². The molecule has 0 radical (unpaired) electrons. The quantitative estimate of drug-likeness (QED) is 0.512. The molecule has 1 saturated heterocycles. The van der Waals surface area contributed by atoms with Gasteiger partial charge in [0.15, 0.2) is 16.6 Å². The zero-order chi connectivity index (χ0) is 22.5. The van der Waals surface area contributed by atoms with Crippen LogP contribution in [0.3, 0.4) is 0 Å². The number of hydrogen-bond donors (Lipinski definition) is 1. The summed E-state index contributed by atoms with van der Waals surface area (Å²) in [7, 11) is 0. The third kappa shape index (κ3) is 5.37. The standard InChI is InChI=1S/C24H26N4O4S/c29-23(25-8-13-30-19-4-2-1-3-5-19)20-16-33-24(26-20)28-11-9-27(10-12-28)15-18-6-7-21-22(14-18)32-17-31-21/h1-7,14,16H,8-13,15,17H2,(H,25,29). The Morgan fingerprint density at radius 2 is 1.88 bits per heavy atom. The Hall–Kier alpha value is -3.30. The van der Waals surface area contributed by atoms with Crippen molar-refractivity contribution in [2.45, 2.75) is 6.54 Å². The van der Waals surface area contributed by atoms with Gasteiger partial charge < -0.3 is 24.4 Å². The Balaban J connectivity index is 1.06. The van der Waals surface area contributed by atoms with Crippen LogP contribution >= 0.6 is 11.3 Å². The molecule has 1 N–H and O–H groups in total. The second-order valence-corrected chi connectivity index (χ2v) is 8.72. The SMILES string of the molecule is O=C(NCCOc1ccccc1)c1csc(N2CCN(Cc3ccc4c(c3)OCO4)CC2)n1. The predicted octanol–water partition coefficient (Wildman–Crippen LogP) is 3.00. The molecule has 33 heavy (non-hydrogen) atoms. The Bertz CT molecular complexity index is 1080. The minimum absolute atomic E-state index is 0.171. The first kappa shape index (κ1) is 21.5. The summed E-state index contributed by atoms with van der Waals surface area (Å²) < 4.78 is 16.5. The molecule has 3 heterocycles. The number of nitrogens with one attached hydrogen (secondary N) is 1. The van der Waals surface area contributed by atoms with Crippen LogP contribution in [-0.2, 0) is 6.54 Å². The largest absolute Gasteiger partial charge is 0.492 e. The van der Waals surface area contributed by atoms with Crippen molar-refractivity contribution in [3.05, 3.63) is 65.2 Å². The van der Waals surface area contributed by atoms with E-state index in [2.05, 4.69) is 32.2 Å². The zero-order valence-corrected chi connectivity index (χ0v) is 19.1. The number of anilines is 1. The molecule has 1 aromatic heterocycles. The normalized spacial score (nSPS) is 15.5. The fraction of sp³-hybridized carbons (Fsp3) is 0.333. The lowest BCUT2D eigenvalue weighted by Gasteiger charge is -2.34. The first-order valence-electron chi connectivity index (χ1n) is 11.0. The lowest BCUT2D eigenvalue weighted by molar-refractivity contribution is 0.0942. The Morgan fingerprint density at radius 1 is 1.06 bits per heavy atom.